The molecular weight excluding hydrogens is 352 g/mol. The maximum absolute atomic E-state index is 12.7. The smallest absolute Gasteiger partial charge is 0.255 e. The zero-order chi connectivity index (χ0) is 18.6. The molecule has 1 fully saturated rings. The number of hydrogen-bond donors (Lipinski definition) is 1. The first-order valence-corrected chi connectivity index (χ1v) is 10.8. The van der Waals surface area contributed by atoms with E-state index in [2.05, 4.69) is 17.5 Å². The van der Waals surface area contributed by atoms with Gasteiger partial charge in [0.15, 0.2) is 0 Å². The molecule has 26 heavy (non-hydrogen) atoms. The zero-order valence-corrected chi connectivity index (χ0v) is 15.9. The lowest BCUT2D eigenvalue weighted by atomic mass is 9.76. The first-order valence-electron chi connectivity index (χ1n) is 9.00. The molecule has 6 nitrogen and oxygen atoms in total. The Morgan fingerprint density at radius 3 is 2.62 bits per heavy atom. The van der Waals surface area contributed by atoms with Gasteiger partial charge >= 0.3 is 0 Å². The molecule has 0 atom stereocenters. The second-order valence-corrected chi connectivity index (χ2v) is 9.14. The third kappa shape index (κ3) is 4.45. The van der Waals surface area contributed by atoms with Gasteiger partial charge in [0.05, 0.1) is 18.4 Å². The second kappa shape index (κ2) is 7.80. The predicted molar refractivity (Wildman–Crippen MR) is 101 cm³/mol. The fraction of sp³-hybridized carbons (Fsp3) is 0.526. The average Bonchev–Trinajstić information content (AvgIpc) is 2.62. The molecule has 142 valence electrons. The van der Waals surface area contributed by atoms with Crippen molar-refractivity contribution in [1.82, 2.24) is 9.62 Å². The summed E-state index contributed by atoms with van der Waals surface area (Å²) in [5, 5.41) is 3.05. The summed E-state index contributed by atoms with van der Waals surface area (Å²) in [4.78, 5) is 12.7. The van der Waals surface area contributed by atoms with E-state index in [1.54, 1.807) is 6.07 Å². The summed E-state index contributed by atoms with van der Waals surface area (Å²) in [6.45, 7) is 2.06. The first kappa shape index (κ1) is 18.9. The summed E-state index contributed by atoms with van der Waals surface area (Å²) in [6, 6.07) is 7.26. The van der Waals surface area contributed by atoms with Crippen LogP contribution in [0, 0.1) is 5.41 Å². The van der Waals surface area contributed by atoms with E-state index < -0.39 is 10.0 Å². The monoisotopic (exact) mass is 378 g/mol. The van der Waals surface area contributed by atoms with Gasteiger partial charge in [0, 0.05) is 19.6 Å². The Kier molecular flexibility index (Phi) is 5.67. The molecule has 0 saturated carbocycles. The Morgan fingerprint density at radius 1 is 1.15 bits per heavy atom. The Labute approximate surface area is 155 Å². The minimum Gasteiger partial charge on any atom is -0.492 e. The molecule has 1 aromatic carbocycles. The molecule has 0 unspecified atom stereocenters. The van der Waals surface area contributed by atoms with Crippen LogP contribution in [0.2, 0.25) is 0 Å². The van der Waals surface area contributed by atoms with Gasteiger partial charge < -0.3 is 10.1 Å². The summed E-state index contributed by atoms with van der Waals surface area (Å²) < 4.78 is 30.8. The molecule has 2 aliphatic rings. The van der Waals surface area contributed by atoms with E-state index in [4.69, 9.17) is 4.74 Å². The van der Waals surface area contributed by atoms with Crippen LogP contribution in [0.1, 0.15) is 36.0 Å². The lowest BCUT2D eigenvalue weighted by Gasteiger charge is -2.40. The van der Waals surface area contributed by atoms with Gasteiger partial charge in [-0.3, -0.25) is 4.79 Å². The number of allylic oxidation sites excluding steroid dienone is 1. The van der Waals surface area contributed by atoms with E-state index in [1.807, 2.05) is 18.2 Å². The number of carbonyl (C=O) groups excluding carboxylic acids is 1. The van der Waals surface area contributed by atoms with Crippen molar-refractivity contribution < 1.29 is 17.9 Å². The number of rotatable bonds is 1. The summed E-state index contributed by atoms with van der Waals surface area (Å²) in [6.07, 6.45) is 8.58. The van der Waals surface area contributed by atoms with Gasteiger partial charge in [-0.1, -0.05) is 24.3 Å². The SMILES string of the molecule is CS(=O)(=O)N1CCC2(C/C=C/CCOc3ccccc3C(=O)NC2)CC1. The molecule has 1 spiro atoms. The minimum absolute atomic E-state index is 0.109. The van der Waals surface area contributed by atoms with Gasteiger partial charge in [-0.15, -0.1) is 0 Å². The highest BCUT2D eigenvalue weighted by Crippen LogP contribution is 2.36. The number of sulfonamides is 1. The molecule has 1 saturated heterocycles. The van der Waals surface area contributed by atoms with Gasteiger partial charge in [-0.2, -0.15) is 0 Å². The summed E-state index contributed by atoms with van der Waals surface area (Å²) in [5.41, 5.74) is 0.434. The third-order valence-corrected chi connectivity index (χ3v) is 6.57. The van der Waals surface area contributed by atoms with Crippen molar-refractivity contribution in [3.63, 3.8) is 0 Å². The van der Waals surface area contributed by atoms with Crippen LogP contribution in [0.4, 0.5) is 0 Å². The van der Waals surface area contributed by atoms with E-state index in [0.29, 0.717) is 37.6 Å². The van der Waals surface area contributed by atoms with Crippen molar-refractivity contribution in [2.45, 2.75) is 25.7 Å². The lowest BCUT2D eigenvalue weighted by Crippen LogP contribution is -2.47. The van der Waals surface area contributed by atoms with E-state index in [0.717, 1.165) is 25.7 Å². The molecule has 2 aliphatic heterocycles. The molecule has 1 amide bonds. The van der Waals surface area contributed by atoms with Crippen molar-refractivity contribution in [3.8, 4) is 5.75 Å². The van der Waals surface area contributed by atoms with Crippen LogP contribution in [-0.2, 0) is 10.0 Å². The van der Waals surface area contributed by atoms with Crippen molar-refractivity contribution in [2.24, 2.45) is 5.41 Å². The highest BCUT2D eigenvalue weighted by Gasteiger charge is 2.36. The highest BCUT2D eigenvalue weighted by molar-refractivity contribution is 7.88. The van der Waals surface area contributed by atoms with E-state index >= 15 is 0 Å². The zero-order valence-electron chi connectivity index (χ0n) is 15.1. The van der Waals surface area contributed by atoms with Crippen molar-refractivity contribution in [3.05, 3.63) is 42.0 Å². The van der Waals surface area contributed by atoms with Crippen molar-refractivity contribution in [1.29, 1.82) is 0 Å². The van der Waals surface area contributed by atoms with Crippen LogP contribution in [0.3, 0.4) is 0 Å². The van der Waals surface area contributed by atoms with Crippen LogP contribution >= 0.6 is 0 Å². The predicted octanol–water partition coefficient (Wildman–Crippen LogP) is 2.19. The molecule has 0 aromatic heterocycles. The maximum atomic E-state index is 12.7. The Hall–Kier alpha value is -1.86. The molecule has 0 radical (unpaired) electrons. The number of piperidine rings is 1. The first-order chi connectivity index (χ1) is 12.4. The standard InChI is InChI=1S/C19H26N2O4S/c1-26(23,24)21-12-10-19(11-13-21)9-5-2-6-14-25-17-8-4-3-7-16(17)18(22)20-15-19/h2-5,7-8H,6,9-15H2,1H3,(H,20,22)/b5-2+. The van der Waals surface area contributed by atoms with Gasteiger partial charge in [-0.05, 0) is 43.2 Å². The molecule has 7 heteroatoms. The molecule has 2 heterocycles. The van der Waals surface area contributed by atoms with Gasteiger partial charge in [0.25, 0.3) is 5.91 Å². The van der Waals surface area contributed by atoms with Crippen LogP contribution in [0.15, 0.2) is 36.4 Å². The number of nitrogens with zero attached hydrogens (tertiary/aromatic N) is 1. The van der Waals surface area contributed by atoms with Gasteiger partial charge in [0.1, 0.15) is 5.75 Å². The molecule has 1 N–H and O–H groups in total. The topological polar surface area (TPSA) is 75.7 Å². The molecule has 3 rings (SSSR count). The highest BCUT2D eigenvalue weighted by atomic mass is 32.2. The number of hydrogen-bond acceptors (Lipinski definition) is 4. The van der Waals surface area contributed by atoms with Crippen molar-refractivity contribution in [2.75, 3.05) is 32.5 Å². The van der Waals surface area contributed by atoms with Crippen molar-refractivity contribution >= 4 is 15.9 Å². The van der Waals surface area contributed by atoms with Crippen LogP contribution < -0.4 is 10.1 Å². The number of nitrogens with one attached hydrogen (secondary N) is 1. The van der Waals surface area contributed by atoms with Crippen LogP contribution in [0.5, 0.6) is 5.75 Å². The Balaban J connectivity index is 1.78. The van der Waals surface area contributed by atoms with Gasteiger partial charge in [-0.25, -0.2) is 12.7 Å². The number of carbonyl (C=O) groups is 1. The fourth-order valence-electron chi connectivity index (χ4n) is 3.58. The molecule has 1 aromatic rings. The number of para-hydroxylation sites is 1. The number of amides is 1. The lowest BCUT2D eigenvalue weighted by molar-refractivity contribution is 0.0891. The maximum Gasteiger partial charge on any atom is 0.255 e. The number of benzene rings is 1. The Morgan fingerprint density at radius 2 is 1.88 bits per heavy atom. The average molecular weight is 378 g/mol. The molecular formula is C19H26N2O4S. The largest absolute Gasteiger partial charge is 0.492 e. The number of fused-ring (bicyclic) bond motifs is 1. The van der Waals surface area contributed by atoms with Crippen LogP contribution in [0.25, 0.3) is 0 Å². The third-order valence-electron chi connectivity index (χ3n) is 5.27. The van der Waals surface area contributed by atoms with Crippen LogP contribution in [-0.4, -0.2) is 51.1 Å². The molecule has 0 bridgehead atoms. The van der Waals surface area contributed by atoms with E-state index in [-0.39, 0.29) is 11.3 Å². The molecule has 0 aliphatic carbocycles. The Bertz CT molecular complexity index is 780. The van der Waals surface area contributed by atoms with E-state index in [9.17, 15) is 13.2 Å². The summed E-state index contributed by atoms with van der Waals surface area (Å²) >= 11 is 0. The van der Waals surface area contributed by atoms with Gasteiger partial charge in [0.2, 0.25) is 10.0 Å². The second-order valence-electron chi connectivity index (χ2n) is 7.15. The fourth-order valence-corrected chi connectivity index (χ4v) is 4.42. The van der Waals surface area contributed by atoms with E-state index in [1.165, 1.54) is 10.6 Å². The summed E-state index contributed by atoms with van der Waals surface area (Å²) in [7, 11) is -3.16. The number of ether oxygens (including phenoxy) is 1. The minimum atomic E-state index is -3.16. The quantitative estimate of drug-likeness (QED) is 0.760. The summed E-state index contributed by atoms with van der Waals surface area (Å²) in [5.74, 6) is 0.454. The normalized spacial score (nSPS) is 23.0.